The second-order valence-corrected chi connectivity index (χ2v) is 8.68. The summed E-state index contributed by atoms with van der Waals surface area (Å²) < 4.78 is 0. The molecule has 0 bridgehead atoms. The molecule has 2 aliphatic carbocycles. The Labute approximate surface area is 163 Å². The Morgan fingerprint density at radius 3 is 1.32 bits per heavy atom. The molecule has 4 fully saturated rings. The Morgan fingerprint density at radius 2 is 0.964 bits per heavy atom. The number of nitrogens with zero attached hydrogens (tertiary/aromatic N) is 2. The predicted molar refractivity (Wildman–Crippen MR) is 96.3 cm³/mol. The van der Waals surface area contributed by atoms with Crippen LogP contribution >= 0.6 is 0 Å². The lowest BCUT2D eigenvalue weighted by atomic mass is 9.64. The molecule has 0 spiro atoms. The van der Waals surface area contributed by atoms with Crippen molar-refractivity contribution in [3.8, 4) is 0 Å². The topological polar surface area (TPSA) is 115 Å². The third-order valence-corrected chi connectivity index (χ3v) is 7.43. The molecule has 0 aromatic rings. The Balaban J connectivity index is 1.43. The van der Waals surface area contributed by atoms with Crippen LogP contribution in [0.2, 0.25) is 0 Å². The number of aliphatic hydroxyl groups excluding tert-OH is 2. The van der Waals surface area contributed by atoms with E-state index in [-0.39, 0.29) is 85.4 Å². The largest absolute Gasteiger partial charge is 0.395 e. The van der Waals surface area contributed by atoms with Crippen LogP contribution in [0.3, 0.4) is 0 Å². The van der Waals surface area contributed by atoms with Gasteiger partial charge in [-0.3, -0.25) is 29.0 Å². The van der Waals surface area contributed by atoms with Gasteiger partial charge in [0.05, 0.1) is 50.0 Å². The molecule has 6 unspecified atom stereocenters. The number of hydrogen-bond donors (Lipinski definition) is 2. The number of carbonyl (C=O) groups is 4. The predicted octanol–water partition coefficient (Wildman–Crippen LogP) is -0.226. The molecular formula is C20H28N2O6. The van der Waals surface area contributed by atoms with Crippen molar-refractivity contribution >= 4 is 23.6 Å². The van der Waals surface area contributed by atoms with E-state index in [1.165, 1.54) is 9.80 Å². The van der Waals surface area contributed by atoms with Crippen LogP contribution in [0.25, 0.3) is 0 Å². The van der Waals surface area contributed by atoms with Gasteiger partial charge in [0.25, 0.3) is 0 Å². The Kier molecular flexibility index (Phi) is 5.26. The summed E-state index contributed by atoms with van der Waals surface area (Å²) in [5, 5.41) is 18.2. The van der Waals surface area contributed by atoms with Crippen LogP contribution in [0.4, 0.5) is 0 Å². The SMILES string of the molecule is O=C1C2CCC(C3CCC4C(=O)N(CCO)C(=O)C4C3)CC2C(=O)N1CCO. The van der Waals surface area contributed by atoms with Crippen molar-refractivity contribution in [2.75, 3.05) is 26.3 Å². The van der Waals surface area contributed by atoms with E-state index in [2.05, 4.69) is 0 Å². The highest BCUT2D eigenvalue weighted by atomic mass is 16.3. The Bertz CT molecular complexity index is 636. The highest BCUT2D eigenvalue weighted by molar-refractivity contribution is 6.06. The fourth-order valence-corrected chi connectivity index (χ4v) is 6.06. The Hall–Kier alpha value is -1.80. The van der Waals surface area contributed by atoms with Crippen molar-refractivity contribution in [3.63, 3.8) is 0 Å². The minimum atomic E-state index is -0.303. The zero-order chi connectivity index (χ0) is 20.0. The van der Waals surface area contributed by atoms with Gasteiger partial charge in [-0.1, -0.05) is 0 Å². The lowest BCUT2D eigenvalue weighted by Gasteiger charge is -2.38. The van der Waals surface area contributed by atoms with E-state index in [0.29, 0.717) is 25.7 Å². The minimum absolute atomic E-state index is 0.0693. The molecule has 2 N–H and O–H groups in total. The average molecular weight is 392 g/mol. The zero-order valence-corrected chi connectivity index (χ0v) is 16.0. The molecule has 154 valence electrons. The third kappa shape index (κ3) is 2.97. The smallest absolute Gasteiger partial charge is 0.233 e. The molecule has 4 aliphatic rings. The highest BCUT2D eigenvalue weighted by Crippen LogP contribution is 2.49. The first-order valence-corrected chi connectivity index (χ1v) is 10.4. The van der Waals surface area contributed by atoms with Gasteiger partial charge < -0.3 is 10.2 Å². The summed E-state index contributed by atoms with van der Waals surface area (Å²) in [5.41, 5.74) is 0. The first-order valence-electron chi connectivity index (χ1n) is 10.4. The van der Waals surface area contributed by atoms with E-state index in [9.17, 15) is 19.2 Å². The molecule has 8 heteroatoms. The second-order valence-electron chi connectivity index (χ2n) is 8.68. The van der Waals surface area contributed by atoms with Crippen LogP contribution in [0.1, 0.15) is 38.5 Å². The first kappa shape index (κ1) is 19.5. The lowest BCUT2D eigenvalue weighted by Crippen LogP contribution is -2.36. The van der Waals surface area contributed by atoms with Gasteiger partial charge in [0.15, 0.2) is 0 Å². The van der Waals surface area contributed by atoms with Gasteiger partial charge in [0.2, 0.25) is 23.6 Å². The number of rotatable bonds is 5. The summed E-state index contributed by atoms with van der Waals surface area (Å²) in [6.45, 7) is -0.293. The average Bonchev–Trinajstić information content (AvgIpc) is 3.08. The van der Waals surface area contributed by atoms with Gasteiger partial charge >= 0.3 is 0 Å². The van der Waals surface area contributed by atoms with Gasteiger partial charge in [-0.2, -0.15) is 0 Å². The normalized spacial score (nSPS) is 38.2. The summed E-state index contributed by atoms with van der Waals surface area (Å²) >= 11 is 0. The number of β-amino-alcohol motifs (C(OH)–C–C–N with tert-alkyl or cyclic N) is 2. The molecule has 6 atom stereocenters. The summed E-state index contributed by atoms with van der Waals surface area (Å²) in [6.07, 6.45) is 4.38. The van der Waals surface area contributed by atoms with Crippen molar-refractivity contribution in [1.29, 1.82) is 0 Å². The maximum atomic E-state index is 12.6. The minimum Gasteiger partial charge on any atom is -0.395 e. The number of carbonyl (C=O) groups excluding carboxylic acids is 4. The number of imide groups is 2. The maximum Gasteiger partial charge on any atom is 0.233 e. The fourth-order valence-electron chi connectivity index (χ4n) is 6.06. The molecule has 8 nitrogen and oxygen atoms in total. The van der Waals surface area contributed by atoms with Crippen molar-refractivity contribution in [1.82, 2.24) is 9.80 Å². The van der Waals surface area contributed by atoms with Crippen LogP contribution in [-0.4, -0.2) is 69.9 Å². The van der Waals surface area contributed by atoms with Gasteiger partial charge in [-0.15, -0.1) is 0 Å². The summed E-state index contributed by atoms with van der Waals surface area (Å²) in [6, 6.07) is 0. The fraction of sp³-hybridized carbons (Fsp3) is 0.800. The molecule has 2 saturated heterocycles. The molecular weight excluding hydrogens is 364 g/mol. The molecule has 0 aromatic heterocycles. The number of amides is 4. The number of likely N-dealkylation sites (tertiary alicyclic amines) is 2. The number of hydrogen-bond acceptors (Lipinski definition) is 6. The third-order valence-electron chi connectivity index (χ3n) is 7.43. The zero-order valence-electron chi connectivity index (χ0n) is 16.0. The van der Waals surface area contributed by atoms with Crippen molar-refractivity contribution in [3.05, 3.63) is 0 Å². The Morgan fingerprint density at radius 1 is 0.607 bits per heavy atom. The summed E-state index contributed by atoms with van der Waals surface area (Å²) in [5.74, 6) is -1.20. The second kappa shape index (κ2) is 7.55. The van der Waals surface area contributed by atoms with Crippen molar-refractivity contribution in [2.45, 2.75) is 38.5 Å². The monoisotopic (exact) mass is 392 g/mol. The molecule has 4 rings (SSSR count). The van der Waals surface area contributed by atoms with E-state index in [1.807, 2.05) is 0 Å². The van der Waals surface area contributed by atoms with Crippen LogP contribution in [0.15, 0.2) is 0 Å². The van der Waals surface area contributed by atoms with Crippen LogP contribution < -0.4 is 0 Å². The lowest BCUT2D eigenvalue weighted by molar-refractivity contribution is -0.142. The van der Waals surface area contributed by atoms with Crippen molar-refractivity contribution < 1.29 is 29.4 Å². The highest BCUT2D eigenvalue weighted by Gasteiger charge is 2.54. The van der Waals surface area contributed by atoms with Crippen molar-refractivity contribution in [2.24, 2.45) is 35.5 Å². The van der Waals surface area contributed by atoms with Gasteiger partial charge in [0.1, 0.15) is 0 Å². The van der Waals surface area contributed by atoms with E-state index >= 15 is 0 Å². The number of fused-ring (bicyclic) bond motifs is 2. The molecule has 2 saturated carbocycles. The van der Waals surface area contributed by atoms with E-state index < -0.39 is 0 Å². The first-order chi connectivity index (χ1) is 13.5. The molecule has 28 heavy (non-hydrogen) atoms. The molecule has 4 amide bonds. The molecule has 2 aliphatic heterocycles. The van der Waals surface area contributed by atoms with Gasteiger partial charge in [0, 0.05) is 0 Å². The standard InChI is InChI=1S/C20H28N2O6/c23-7-5-21-17(25)13-3-1-11(9-15(13)19(21)27)12-2-4-14-16(10-12)20(28)22(6-8-24)18(14)26/h11-16,23-24H,1-10H2. The van der Waals surface area contributed by atoms with Crippen LogP contribution in [0, 0.1) is 35.5 Å². The summed E-state index contributed by atoms with van der Waals surface area (Å²) in [7, 11) is 0. The van der Waals surface area contributed by atoms with E-state index in [4.69, 9.17) is 10.2 Å². The van der Waals surface area contributed by atoms with E-state index in [1.54, 1.807) is 0 Å². The quantitative estimate of drug-likeness (QED) is 0.625. The maximum absolute atomic E-state index is 12.6. The van der Waals surface area contributed by atoms with Crippen LogP contribution in [-0.2, 0) is 19.2 Å². The van der Waals surface area contributed by atoms with Crippen LogP contribution in [0.5, 0.6) is 0 Å². The van der Waals surface area contributed by atoms with Gasteiger partial charge in [-0.25, -0.2) is 0 Å². The summed E-state index contributed by atoms with van der Waals surface area (Å²) in [4.78, 5) is 52.5. The molecule has 2 heterocycles. The molecule has 0 aromatic carbocycles. The number of aliphatic hydroxyl groups is 2. The van der Waals surface area contributed by atoms with Gasteiger partial charge in [-0.05, 0) is 50.4 Å². The van der Waals surface area contributed by atoms with E-state index in [0.717, 1.165) is 12.8 Å². The molecule has 0 radical (unpaired) electrons.